The van der Waals surface area contributed by atoms with E-state index in [1.54, 1.807) is 4.90 Å². The first-order valence-corrected chi connectivity index (χ1v) is 10.0. The molecule has 0 unspecified atom stereocenters. The molecule has 2 saturated heterocycles. The molecule has 1 amide bonds. The Morgan fingerprint density at radius 1 is 1.22 bits per heavy atom. The molecule has 0 aromatic carbocycles. The highest BCUT2D eigenvalue weighted by molar-refractivity contribution is 6.05. The predicted octanol–water partition coefficient (Wildman–Crippen LogP) is 3.08. The first-order chi connectivity index (χ1) is 12.3. The maximum absolute atomic E-state index is 13.7. The summed E-state index contributed by atoms with van der Waals surface area (Å²) in [6.07, 6.45) is 3.08. The van der Waals surface area contributed by atoms with Gasteiger partial charge >= 0.3 is 11.9 Å². The van der Waals surface area contributed by atoms with Crippen molar-refractivity contribution < 1.29 is 23.9 Å². The van der Waals surface area contributed by atoms with Crippen LogP contribution in [0.25, 0.3) is 0 Å². The molecule has 3 rings (SSSR count). The Labute approximate surface area is 161 Å². The molecule has 0 spiro atoms. The van der Waals surface area contributed by atoms with Crippen molar-refractivity contribution in [3.8, 4) is 0 Å². The monoisotopic (exact) mass is 379 g/mol. The topological polar surface area (TPSA) is 72.9 Å². The van der Waals surface area contributed by atoms with Crippen LogP contribution in [-0.2, 0) is 23.9 Å². The van der Waals surface area contributed by atoms with E-state index < -0.39 is 22.4 Å². The molecule has 6 heteroatoms. The van der Waals surface area contributed by atoms with Crippen LogP contribution in [0.4, 0.5) is 0 Å². The zero-order valence-corrected chi connectivity index (χ0v) is 17.5. The SMILES string of the molecule is CC(C)(C)OC(=O)C[C@H]1CCCN1C(=O)[C@@]12CC[C@@](C)(COC1=O)C2(C)C. The zero-order chi connectivity index (χ0) is 20.3. The van der Waals surface area contributed by atoms with Crippen LogP contribution in [0.5, 0.6) is 0 Å². The van der Waals surface area contributed by atoms with Gasteiger partial charge < -0.3 is 14.4 Å². The van der Waals surface area contributed by atoms with Crippen molar-refractivity contribution in [2.75, 3.05) is 13.2 Å². The molecule has 1 saturated carbocycles. The second-order valence-electron chi connectivity index (χ2n) is 10.3. The Hall–Kier alpha value is -1.59. The summed E-state index contributed by atoms with van der Waals surface area (Å²) in [5.74, 6) is -0.853. The van der Waals surface area contributed by atoms with Crippen molar-refractivity contribution in [3.05, 3.63) is 0 Å². The van der Waals surface area contributed by atoms with Crippen LogP contribution in [0.1, 0.15) is 73.6 Å². The molecule has 3 atom stereocenters. The molecule has 2 bridgehead atoms. The lowest BCUT2D eigenvalue weighted by atomic mass is 9.57. The third-order valence-corrected chi connectivity index (χ3v) is 7.32. The fourth-order valence-electron chi connectivity index (χ4n) is 5.16. The van der Waals surface area contributed by atoms with Gasteiger partial charge in [0.05, 0.1) is 13.0 Å². The summed E-state index contributed by atoms with van der Waals surface area (Å²) in [4.78, 5) is 40.6. The molecular formula is C21H33NO5. The smallest absolute Gasteiger partial charge is 0.322 e. The quantitative estimate of drug-likeness (QED) is 0.557. The third kappa shape index (κ3) is 2.95. The van der Waals surface area contributed by atoms with E-state index in [9.17, 15) is 14.4 Å². The Bertz CT molecular complexity index is 664. The predicted molar refractivity (Wildman–Crippen MR) is 99.7 cm³/mol. The summed E-state index contributed by atoms with van der Waals surface area (Å²) in [5, 5.41) is 0. The van der Waals surface area contributed by atoms with Gasteiger partial charge in [0, 0.05) is 18.0 Å². The number of nitrogens with zero attached hydrogens (tertiary/aromatic N) is 1. The minimum Gasteiger partial charge on any atom is -0.464 e. The van der Waals surface area contributed by atoms with Crippen LogP contribution >= 0.6 is 0 Å². The lowest BCUT2D eigenvalue weighted by Gasteiger charge is -2.51. The second kappa shape index (κ2) is 6.21. The molecule has 3 aliphatic rings. The van der Waals surface area contributed by atoms with E-state index in [4.69, 9.17) is 9.47 Å². The number of fused-ring (bicyclic) bond motifs is 2. The van der Waals surface area contributed by atoms with Crippen molar-refractivity contribution in [1.82, 2.24) is 4.90 Å². The highest BCUT2D eigenvalue weighted by atomic mass is 16.6. The lowest BCUT2D eigenvalue weighted by molar-refractivity contribution is -0.193. The standard InChI is InChI=1S/C21H33NO5/c1-18(2,3)27-15(23)12-14-8-7-11-22(14)16(24)21-10-9-20(6,19(21,4)5)13-26-17(21)25/h14H,7-13H2,1-6H3/t14-,20+,21+/m1/s1. The summed E-state index contributed by atoms with van der Waals surface area (Å²) in [7, 11) is 0. The number of carbonyl (C=O) groups is 3. The first kappa shape index (κ1) is 20.2. The fraction of sp³-hybridized carbons (Fsp3) is 0.857. The summed E-state index contributed by atoms with van der Waals surface area (Å²) < 4.78 is 10.9. The van der Waals surface area contributed by atoms with E-state index in [-0.39, 0.29) is 29.8 Å². The van der Waals surface area contributed by atoms with Crippen LogP contribution in [0.15, 0.2) is 0 Å². The molecule has 27 heavy (non-hydrogen) atoms. The molecule has 2 heterocycles. The number of cyclic esters (lactones) is 1. The average Bonchev–Trinajstić information content (AvgIpc) is 3.00. The molecule has 0 aromatic heterocycles. The first-order valence-electron chi connectivity index (χ1n) is 10.0. The van der Waals surface area contributed by atoms with Gasteiger partial charge in [-0.25, -0.2) is 0 Å². The Kier molecular flexibility index (Phi) is 4.64. The number of amides is 1. The number of carbonyl (C=O) groups excluding carboxylic acids is 3. The Morgan fingerprint density at radius 3 is 2.52 bits per heavy atom. The van der Waals surface area contributed by atoms with Crippen LogP contribution in [0.2, 0.25) is 0 Å². The van der Waals surface area contributed by atoms with E-state index in [0.717, 1.165) is 19.3 Å². The minimum absolute atomic E-state index is 0.160. The van der Waals surface area contributed by atoms with E-state index in [1.165, 1.54) is 0 Å². The van der Waals surface area contributed by atoms with Crippen LogP contribution in [0.3, 0.4) is 0 Å². The van der Waals surface area contributed by atoms with Gasteiger partial charge in [-0.2, -0.15) is 0 Å². The van der Waals surface area contributed by atoms with Gasteiger partial charge in [0.15, 0.2) is 5.41 Å². The molecule has 0 N–H and O–H groups in total. The number of esters is 2. The largest absolute Gasteiger partial charge is 0.464 e. The Balaban J connectivity index is 1.84. The zero-order valence-electron chi connectivity index (χ0n) is 17.5. The molecule has 1 aliphatic carbocycles. The maximum Gasteiger partial charge on any atom is 0.322 e. The van der Waals surface area contributed by atoms with Crippen molar-refractivity contribution in [3.63, 3.8) is 0 Å². The van der Waals surface area contributed by atoms with Gasteiger partial charge in [-0.3, -0.25) is 14.4 Å². The summed E-state index contributed by atoms with van der Waals surface area (Å²) >= 11 is 0. The minimum atomic E-state index is -1.14. The molecule has 0 radical (unpaired) electrons. The van der Waals surface area contributed by atoms with E-state index in [1.807, 2.05) is 34.6 Å². The highest BCUT2D eigenvalue weighted by Crippen LogP contribution is 2.66. The van der Waals surface area contributed by atoms with Crippen LogP contribution in [0, 0.1) is 16.2 Å². The molecule has 3 fully saturated rings. The van der Waals surface area contributed by atoms with Gasteiger partial charge in [0.25, 0.3) is 0 Å². The summed E-state index contributed by atoms with van der Waals surface area (Å²) in [5.41, 5.74) is -2.37. The second-order valence-corrected chi connectivity index (χ2v) is 10.3. The van der Waals surface area contributed by atoms with Crippen molar-refractivity contribution in [2.24, 2.45) is 16.2 Å². The number of likely N-dealkylation sites (tertiary alicyclic amines) is 1. The van der Waals surface area contributed by atoms with Crippen LogP contribution in [-0.4, -0.2) is 47.5 Å². The number of rotatable bonds is 3. The van der Waals surface area contributed by atoms with Crippen LogP contribution < -0.4 is 0 Å². The fourth-order valence-corrected chi connectivity index (χ4v) is 5.16. The number of ether oxygens (including phenoxy) is 2. The molecular weight excluding hydrogens is 346 g/mol. The molecule has 6 nitrogen and oxygen atoms in total. The van der Waals surface area contributed by atoms with Gasteiger partial charge in [-0.1, -0.05) is 20.8 Å². The lowest BCUT2D eigenvalue weighted by Crippen LogP contribution is -2.61. The summed E-state index contributed by atoms with van der Waals surface area (Å²) in [6.45, 7) is 12.6. The summed E-state index contributed by atoms with van der Waals surface area (Å²) in [6, 6.07) is -0.209. The highest BCUT2D eigenvalue weighted by Gasteiger charge is 2.72. The van der Waals surface area contributed by atoms with E-state index in [2.05, 4.69) is 6.92 Å². The van der Waals surface area contributed by atoms with Crippen molar-refractivity contribution in [2.45, 2.75) is 85.3 Å². The Morgan fingerprint density at radius 2 is 1.89 bits per heavy atom. The van der Waals surface area contributed by atoms with E-state index >= 15 is 0 Å². The third-order valence-electron chi connectivity index (χ3n) is 7.32. The molecule has 2 aliphatic heterocycles. The number of hydrogen-bond acceptors (Lipinski definition) is 5. The normalized spacial score (nSPS) is 35.1. The maximum atomic E-state index is 13.7. The van der Waals surface area contributed by atoms with Gasteiger partial charge in [-0.15, -0.1) is 0 Å². The molecule has 0 aromatic rings. The van der Waals surface area contributed by atoms with Gasteiger partial charge in [-0.05, 0) is 51.9 Å². The average molecular weight is 379 g/mol. The van der Waals surface area contributed by atoms with Crippen molar-refractivity contribution >= 4 is 17.8 Å². The molecule has 152 valence electrons. The van der Waals surface area contributed by atoms with Gasteiger partial charge in [0.2, 0.25) is 5.91 Å². The van der Waals surface area contributed by atoms with Crippen molar-refractivity contribution in [1.29, 1.82) is 0 Å². The van der Waals surface area contributed by atoms with E-state index in [0.29, 0.717) is 19.6 Å². The van der Waals surface area contributed by atoms with Gasteiger partial charge in [0.1, 0.15) is 5.60 Å². The number of hydrogen-bond donors (Lipinski definition) is 0.